The SMILES string of the molecule is CCC(C)CC1(CN2CCN(C3CCC4(CC3)CCN(C)CC4)CC2)CC1. The van der Waals surface area contributed by atoms with Crippen LogP contribution >= 0.6 is 0 Å². The van der Waals surface area contributed by atoms with Crippen LogP contribution in [0.4, 0.5) is 0 Å². The van der Waals surface area contributed by atoms with Gasteiger partial charge in [0.05, 0.1) is 0 Å². The molecule has 1 atom stereocenters. The number of hydrogen-bond donors (Lipinski definition) is 0. The second-order valence-electron chi connectivity index (χ2n) is 11.1. The van der Waals surface area contributed by atoms with Crippen molar-refractivity contribution in [2.45, 2.75) is 84.1 Å². The normalized spacial score (nSPS) is 31.2. The fourth-order valence-electron chi connectivity index (χ4n) is 6.42. The van der Waals surface area contributed by atoms with Crippen molar-refractivity contribution in [3.05, 3.63) is 0 Å². The Kier molecular flexibility index (Phi) is 6.21. The van der Waals surface area contributed by atoms with E-state index in [-0.39, 0.29) is 0 Å². The van der Waals surface area contributed by atoms with Gasteiger partial charge in [0.25, 0.3) is 0 Å². The third kappa shape index (κ3) is 4.90. The van der Waals surface area contributed by atoms with Crippen molar-refractivity contribution in [3.63, 3.8) is 0 Å². The Morgan fingerprint density at radius 1 is 0.852 bits per heavy atom. The zero-order chi connectivity index (χ0) is 18.9. The van der Waals surface area contributed by atoms with E-state index in [9.17, 15) is 0 Å². The van der Waals surface area contributed by atoms with Gasteiger partial charge in [-0.3, -0.25) is 4.90 Å². The number of rotatable bonds is 6. The fourth-order valence-corrected chi connectivity index (χ4v) is 6.42. The third-order valence-corrected chi connectivity index (χ3v) is 8.98. The molecule has 2 heterocycles. The summed E-state index contributed by atoms with van der Waals surface area (Å²) in [4.78, 5) is 8.21. The molecular formula is C24H45N3. The molecule has 4 aliphatic rings. The zero-order valence-electron chi connectivity index (χ0n) is 18.5. The zero-order valence-corrected chi connectivity index (χ0v) is 18.5. The lowest BCUT2D eigenvalue weighted by Crippen LogP contribution is -2.53. The lowest BCUT2D eigenvalue weighted by molar-refractivity contribution is 0.0176. The number of hydrogen-bond acceptors (Lipinski definition) is 3. The van der Waals surface area contributed by atoms with Gasteiger partial charge in [0, 0.05) is 38.8 Å². The Balaban J connectivity index is 1.19. The molecule has 1 spiro atoms. The van der Waals surface area contributed by atoms with E-state index in [1.165, 1.54) is 110 Å². The van der Waals surface area contributed by atoms with Crippen molar-refractivity contribution >= 4 is 0 Å². The van der Waals surface area contributed by atoms with Crippen LogP contribution in [0.1, 0.15) is 78.1 Å². The highest BCUT2D eigenvalue weighted by Gasteiger charge is 2.45. The van der Waals surface area contributed by atoms with E-state index >= 15 is 0 Å². The van der Waals surface area contributed by atoms with Crippen molar-refractivity contribution in [2.24, 2.45) is 16.7 Å². The highest BCUT2D eigenvalue weighted by Crippen LogP contribution is 2.51. The van der Waals surface area contributed by atoms with Crippen molar-refractivity contribution in [1.82, 2.24) is 14.7 Å². The van der Waals surface area contributed by atoms with Gasteiger partial charge in [0.15, 0.2) is 0 Å². The summed E-state index contributed by atoms with van der Waals surface area (Å²) in [5, 5.41) is 0. The maximum Gasteiger partial charge on any atom is 0.0113 e. The van der Waals surface area contributed by atoms with Gasteiger partial charge in [-0.25, -0.2) is 0 Å². The Bertz CT molecular complexity index is 460. The van der Waals surface area contributed by atoms with Gasteiger partial charge in [0.2, 0.25) is 0 Å². The minimum Gasteiger partial charge on any atom is -0.306 e. The Morgan fingerprint density at radius 3 is 2.04 bits per heavy atom. The number of piperidine rings is 1. The summed E-state index contributed by atoms with van der Waals surface area (Å²) >= 11 is 0. The molecule has 0 amide bonds. The summed E-state index contributed by atoms with van der Waals surface area (Å²) in [7, 11) is 2.30. The number of likely N-dealkylation sites (tertiary alicyclic amines) is 1. The van der Waals surface area contributed by atoms with Gasteiger partial charge < -0.3 is 9.80 Å². The molecule has 3 nitrogen and oxygen atoms in total. The van der Waals surface area contributed by atoms with Crippen LogP contribution in [0, 0.1) is 16.7 Å². The predicted molar refractivity (Wildman–Crippen MR) is 115 cm³/mol. The average Bonchev–Trinajstić information content (AvgIpc) is 3.44. The summed E-state index contributed by atoms with van der Waals surface area (Å²) in [6.07, 6.45) is 14.7. The van der Waals surface area contributed by atoms with Crippen LogP contribution in [-0.4, -0.2) is 73.6 Å². The molecular weight excluding hydrogens is 330 g/mol. The lowest BCUT2D eigenvalue weighted by atomic mass is 9.66. The Hall–Kier alpha value is -0.120. The molecule has 0 bridgehead atoms. The minimum atomic E-state index is 0.711. The van der Waals surface area contributed by atoms with E-state index in [1.807, 2.05) is 0 Å². The van der Waals surface area contributed by atoms with Gasteiger partial charge in [-0.2, -0.15) is 0 Å². The first kappa shape index (κ1) is 20.2. The van der Waals surface area contributed by atoms with Crippen LogP contribution < -0.4 is 0 Å². The minimum absolute atomic E-state index is 0.711. The standard InChI is InChI=1S/C24H45N3/c1-4-21(2)19-24(9-10-24)20-26-15-17-27(18-16-26)22-5-7-23(8-6-22)11-13-25(3)14-12-23/h21-22H,4-20H2,1-3H3. The topological polar surface area (TPSA) is 9.72 Å². The maximum absolute atomic E-state index is 2.87. The van der Waals surface area contributed by atoms with Gasteiger partial charge >= 0.3 is 0 Å². The quantitative estimate of drug-likeness (QED) is 0.678. The summed E-state index contributed by atoms with van der Waals surface area (Å²) in [5.74, 6) is 0.919. The summed E-state index contributed by atoms with van der Waals surface area (Å²) in [5.41, 5.74) is 1.43. The summed E-state index contributed by atoms with van der Waals surface area (Å²) in [6, 6.07) is 0.896. The van der Waals surface area contributed by atoms with Gasteiger partial charge in [0.1, 0.15) is 0 Å². The first-order valence-corrected chi connectivity index (χ1v) is 12.2. The van der Waals surface area contributed by atoms with Crippen molar-refractivity contribution in [3.8, 4) is 0 Å². The smallest absolute Gasteiger partial charge is 0.0113 e. The molecule has 156 valence electrons. The Labute approximate surface area is 168 Å². The monoisotopic (exact) mass is 375 g/mol. The molecule has 2 aliphatic carbocycles. The summed E-state index contributed by atoms with van der Waals surface area (Å²) < 4.78 is 0. The van der Waals surface area contributed by atoms with Crippen LogP contribution in [0.25, 0.3) is 0 Å². The van der Waals surface area contributed by atoms with E-state index in [0.29, 0.717) is 5.41 Å². The van der Waals surface area contributed by atoms with Crippen molar-refractivity contribution in [2.75, 3.05) is 52.9 Å². The van der Waals surface area contributed by atoms with Crippen molar-refractivity contribution in [1.29, 1.82) is 0 Å². The molecule has 0 aromatic rings. The average molecular weight is 376 g/mol. The van der Waals surface area contributed by atoms with Gasteiger partial charge in [-0.15, -0.1) is 0 Å². The fraction of sp³-hybridized carbons (Fsp3) is 1.00. The van der Waals surface area contributed by atoms with E-state index in [2.05, 4.69) is 35.6 Å². The molecule has 27 heavy (non-hydrogen) atoms. The van der Waals surface area contributed by atoms with Crippen LogP contribution in [0.15, 0.2) is 0 Å². The van der Waals surface area contributed by atoms with Crippen LogP contribution in [-0.2, 0) is 0 Å². The highest BCUT2D eigenvalue weighted by molar-refractivity contribution is 4.98. The summed E-state index contributed by atoms with van der Waals surface area (Å²) in [6.45, 7) is 14.2. The molecule has 2 aliphatic heterocycles. The largest absolute Gasteiger partial charge is 0.306 e. The molecule has 1 unspecified atom stereocenters. The molecule has 3 heteroatoms. The first-order chi connectivity index (χ1) is 13.0. The molecule has 0 aromatic heterocycles. The van der Waals surface area contributed by atoms with E-state index in [0.717, 1.165) is 17.4 Å². The Morgan fingerprint density at radius 2 is 1.48 bits per heavy atom. The molecule has 2 saturated heterocycles. The lowest BCUT2D eigenvalue weighted by Gasteiger charge is -2.48. The number of nitrogens with zero attached hydrogens (tertiary/aromatic N) is 3. The maximum atomic E-state index is 2.87. The van der Waals surface area contributed by atoms with Crippen LogP contribution in [0.3, 0.4) is 0 Å². The van der Waals surface area contributed by atoms with E-state index < -0.39 is 0 Å². The second-order valence-corrected chi connectivity index (χ2v) is 11.1. The molecule has 4 fully saturated rings. The van der Waals surface area contributed by atoms with Gasteiger partial charge in [-0.1, -0.05) is 20.3 Å². The third-order valence-electron chi connectivity index (χ3n) is 8.98. The highest BCUT2D eigenvalue weighted by atomic mass is 15.3. The number of piperazine rings is 1. The second kappa shape index (κ2) is 8.32. The molecule has 0 N–H and O–H groups in total. The van der Waals surface area contributed by atoms with Crippen molar-refractivity contribution < 1.29 is 0 Å². The van der Waals surface area contributed by atoms with Crippen LogP contribution in [0.2, 0.25) is 0 Å². The van der Waals surface area contributed by atoms with Gasteiger partial charge in [-0.05, 0) is 94.7 Å². The van der Waals surface area contributed by atoms with E-state index in [4.69, 9.17) is 0 Å². The molecule has 0 aromatic carbocycles. The van der Waals surface area contributed by atoms with E-state index in [1.54, 1.807) is 0 Å². The molecule has 2 saturated carbocycles. The predicted octanol–water partition coefficient (Wildman–Crippen LogP) is 4.48. The molecule has 4 rings (SSSR count). The molecule has 0 radical (unpaired) electrons. The first-order valence-electron chi connectivity index (χ1n) is 12.2. The van der Waals surface area contributed by atoms with Crippen LogP contribution in [0.5, 0.6) is 0 Å².